The third-order valence-corrected chi connectivity index (χ3v) is 5.53. The van der Waals surface area contributed by atoms with Crippen LogP contribution in [0, 0.1) is 0 Å². The number of nitrogens with one attached hydrogen (secondary N) is 1. The minimum absolute atomic E-state index is 0.0995. The number of carbonyl (C=O) groups is 1. The Morgan fingerprint density at radius 1 is 0.879 bits per heavy atom. The maximum absolute atomic E-state index is 12.5. The minimum atomic E-state index is -0.855. The third-order valence-electron chi connectivity index (χ3n) is 5.53. The van der Waals surface area contributed by atoms with Crippen molar-refractivity contribution in [2.75, 3.05) is 13.2 Å². The molecule has 1 saturated heterocycles. The van der Waals surface area contributed by atoms with Gasteiger partial charge in [0.05, 0.1) is 19.3 Å². The van der Waals surface area contributed by atoms with Gasteiger partial charge in [0, 0.05) is 0 Å². The van der Waals surface area contributed by atoms with Crippen LogP contribution in [0.4, 0.5) is 4.79 Å². The van der Waals surface area contributed by atoms with Gasteiger partial charge in [-0.05, 0) is 37.5 Å². The highest BCUT2D eigenvalue weighted by Gasteiger charge is 2.41. The standard InChI is InChI=1S/C28H31NO4/c1-27(2,3)33-26(30)29-24(25-20-31-25)19-32-28(21-13-7-4-8-14-21,22-15-9-5-10-16-22)23-17-11-6-12-18-23/h4-18,24-25H,19-20H2,1-3H3,(H,29,30)/t24-,25+/m1/s1. The van der Waals surface area contributed by atoms with Gasteiger partial charge in [0.25, 0.3) is 0 Å². The Labute approximate surface area is 195 Å². The van der Waals surface area contributed by atoms with E-state index in [1.165, 1.54) is 0 Å². The van der Waals surface area contributed by atoms with Crippen molar-refractivity contribution in [3.05, 3.63) is 108 Å². The van der Waals surface area contributed by atoms with Crippen molar-refractivity contribution in [1.82, 2.24) is 5.32 Å². The van der Waals surface area contributed by atoms with Crippen molar-refractivity contribution in [3.8, 4) is 0 Å². The number of epoxide rings is 1. The fourth-order valence-corrected chi connectivity index (χ4v) is 3.97. The molecular formula is C28H31NO4. The first-order valence-electron chi connectivity index (χ1n) is 11.3. The van der Waals surface area contributed by atoms with Crippen LogP contribution in [0.3, 0.4) is 0 Å². The van der Waals surface area contributed by atoms with Crippen LogP contribution < -0.4 is 5.32 Å². The van der Waals surface area contributed by atoms with E-state index in [4.69, 9.17) is 14.2 Å². The molecule has 1 amide bonds. The molecule has 0 radical (unpaired) electrons. The molecule has 2 atom stereocenters. The molecule has 33 heavy (non-hydrogen) atoms. The number of benzene rings is 3. The maximum atomic E-state index is 12.5. The summed E-state index contributed by atoms with van der Waals surface area (Å²) < 4.78 is 17.8. The Morgan fingerprint density at radius 2 is 1.30 bits per heavy atom. The molecule has 0 aromatic heterocycles. The number of hydrogen-bond acceptors (Lipinski definition) is 4. The number of carbonyl (C=O) groups excluding carboxylic acids is 1. The van der Waals surface area contributed by atoms with E-state index < -0.39 is 17.3 Å². The molecule has 4 rings (SSSR count). The lowest BCUT2D eigenvalue weighted by Crippen LogP contribution is -2.47. The molecule has 5 heteroatoms. The van der Waals surface area contributed by atoms with E-state index in [1.807, 2.05) is 75.4 Å². The highest BCUT2D eigenvalue weighted by molar-refractivity contribution is 5.68. The highest BCUT2D eigenvalue weighted by Crippen LogP contribution is 2.40. The molecule has 1 fully saturated rings. The topological polar surface area (TPSA) is 60.1 Å². The summed E-state index contributed by atoms with van der Waals surface area (Å²) in [4.78, 5) is 12.5. The lowest BCUT2D eigenvalue weighted by Gasteiger charge is -2.37. The van der Waals surface area contributed by atoms with E-state index in [9.17, 15) is 4.79 Å². The van der Waals surface area contributed by atoms with Crippen molar-refractivity contribution < 1.29 is 19.0 Å². The van der Waals surface area contributed by atoms with Crippen LogP contribution in [-0.4, -0.2) is 37.1 Å². The first kappa shape index (κ1) is 23.0. The van der Waals surface area contributed by atoms with Crippen molar-refractivity contribution >= 4 is 6.09 Å². The summed E-state index contributed by atoms with van der Waals surface area (Å²) in [5, 5.41) is 2.95. The molecule has 1 aliphatic rings. The van der Waals surface area contributed by atoms with Crippen LogP contribution >= 0.6 is 0 Å². The predicted octanol–water partition coefficient (Wildman–Crippen LogP) is 5.29. The maximum Gasteiger partial charge on any atom is 0.408 e. The van der Waals surface area contributed by atoms with Gasteiger partial charge in [0.15, 0.2) is 0 Å². The number of alkyl carbamates (subject to hydrolysis) is 1. The molecule has 1 aliphatic heterocycles. The van der Waals surface area contributed by atoms with E-state index in [-0.39, 0.29) is 18.8 Å². The average molecular weight is 446 g/mol. The molecular weight excluding hydrogens is 414 g/mol. The van der Waals surface area contributed by atoms with Crippen LogP contribution in [0.15, 0.2) is 91.0 Å². The van der Waals surface area contributed by atoms with Gasteiger partial charge in [-0.25, -0.2) is 4.79 Å². The van der Waals surface area contributed by atoms with Gasteiger partial charge in [0.1, 0.15) is 17.3 Å². The number of rotatable bonds is 8. The van der Waals surface area contributed by atoms with E-state index in [2.05, 4.69) is 41.7 Å². The molecule has 0 saturated carbocycles. The fraction of sp³-hybridized carbons (Fsp3) is 0.321. The number of amides is 1. The summed E-state index contributed by atoms with van der Waals surface area (Å²) >= 11 is 0. The van der Waals surface area contributed by atoms with Crippen molar-refractivity contribution in [3.63, 3.8) is 0 Å². The van der Waals surface area contributed by atoms with Gasteiger partial charge in [-0.15, -0.1) is 0 Å². The van der Waals surface area contributed by atoms with Gasteiger partial charge in [-0.3, -0.25) is 0 Å². The van der Waals surface area contributed by atoms with Crippen molar-refractivity contribution in [1.29, 1.82) is 0 Å². The number of ether oxygens (including phenoxy) is 3. The first-order valence-corrected chi connectivity index (χ1v) is 11.3. The largest absolute Gasteiger partial charge is 0.444 e. The Balaban J connectivity index is 1.70. The second-order valence-electron chi connectivity index (χ2n) is 9.21. The Hall–Kier alpha value is -3.15. The van der Waals surface area contributed by atoms with Gasteiger partial charge < -0.3 is 19.5 Å². The molecule has 0 aliphatic carbocycles. The smallest absolute Gasteiger partial charge is 0.408 e. The predicted molar refractivity (Wildman–Crippen MR) is 128 cm³/mol. The summed E-state index contributed by atoms with van der Waals surface area (Å²) in [5.41, 5.74) is 1.59. The van der Waals surface area contributed by atoms with E-state index in [0.717, 1.165) is 16.7 Å². The molecule has 3 aromatic carbocycles. The van der Waals surface area contributed by atoms with E-state index in [1.54, 1.807) is 0 Å². The van der Waals surface area contributed by atoms with Crippen molar-refractivity contribution in [2.45, 2.75) is 44.1 Å². The van der Waals surface area contributed by atoms with E-state index >= 15 is 0 Å². The first-order chi connectivity index (χ1) is 15.9. The monoisotopic (exact) mass is 445 g/mol. The molecule has 0 bridgehead atoms. The van der Waals surface area contributed by atoms with Crippen LogP contribution in [0.1, 0.15) is 37.5 Å². The minimum Gasteiger partial charge on any atom is -0.444 e. The van der Waals surface area contributed by atoms with Crippen molar-refractivity contribution in [2.24, 2.45) is 0 Å². The molecule has 172 valence electrons. The number of hydrogen-bond donors (Lipinski definition) is 1. The molecule has 3 aromatic rings. The normalized spacial score (nSPS) is 16.6. The molecule has 0 unspecified atom stereocenters. The Morgan fingerprint density at radius 3 is 1.67 bits per heavy atom. The molecule has 1 N–H and O–H groups in total. The third kappa shape index (κ3) is 5.62. The second-order valence-corrected chi connectivity index (χ2v) is 9.21. The average Bonchev–Trinajstić information content (AvgIpc) is 3.65. The van der Waals surface area contributed by atoms with E-state index in [0.29, 0.717) is 6.61 Å². The summed E-state index contributed by atoms with van der Waals surface area (Å²) in [6, 6.07) is 30.2. The van der Waals surface area contributed by atoms with Crippen LogP contribution in [0.25, 0.3) is 0 Å². The zero-order valence-corrected chi connectivity index (χ0v) is 19.4. The second kappa shape index (κ2) is 9.77. The lowest BCUT2D eigenvalue weighted by molar-refractivity contribution is -0.00765. The van der Waals surface area contributed by atoms with Crippen LogP contribution in [-0.2, 0) is 19.8 Å². The molecule has 5 nitrogen and oxygen atoms in total. The molecule has 1 heterocycles. The van der Waals surface area contributed by atoms with Crippen LogP contribution in [0.2, 0.25) is 0 Å². The van der Waals surface area contributed by atoms with Crippen LogP contribution in [0.5, 0.6) is 0 Å². The van der Waals surface area contributed by atoms with Gasteiger partial charge in [0.2, 0.25) is 0 Å². The SMILES string of the molecule is CC(C)(C)OC(=O)N[C@H](COC(c1ccccc1)(c1ccccc1)c1ccccc1)[C@@H]1CO1. The van der Waals surface area contributed by atoms with Gasteiger partial charge >= 0.3 is 6.09 Å². The zero-order valence-electron chi connectivity index (χ0n) is 19.4. The Bertz CT molecular complexity index is 931. The lowest BCUT2D eigenvalue weighted by atomic mass is 9.80. The van der Waals surface area contributed by atoms with Gasteiger partial charge in [-0.1, -0.05) is 91.0 Å². The Kier molecular flexibility index (Phi) is 6.82. The summed E-state index contributed by atoms with van der Waals surface area (Å²) in [7, 11) is 0. The summed E-state index contributed by atoms with van der Waals surface area (Å²) in [6.45, 7) is 6.37. The molecule has 0 spiro atoms. The fourth-order valence-electron chi connectivity index (χ4n) is 3.97. The van der Waals surface area contributed by atoms with Gasteiger partial charge in [-0.2, -0.15) is 0 Å². The quantitative estimate of drug-likeness (QED) is 0.378. The summed E-state index contributed by atoms with van der Waals surface area (Å²) in [5.74, 6) is 0. The summed E-state index contributed by atoms with van der Waals surface area (Å²) in [6.07, 6.45) is -0.575. The zero-order chi connectivity index (χ0) is 23.3. The highest BCUT2D eigenvalue weighted by atomic mass is 16.6.